The van der Waals surface area contributed by atoms with Gasteiger partial charge in [-0.25, -0.2) is 0 Å². The van der Waals surface area contributed by atoms with Gasteiger partial charge < -0.3 is 15.8 Å². The van der Waals surface area contributed by atoms with Crippen LogP contribution >= 0.6 is 0 Å². The lowest BCUT2D eigenvalue weighted by atomic mass is 9.93. The van der Waals surface area contributed by atoms with Crippen LogP contribution in [0.5, 0.6) is 0 Å². The van der Waals surface area contributed by atoms with Crippen molar-refractivity contribution in [3.63, 3.8) is 0 Å². The number of hydrogen-bond acceptors (Lipinski definition) is 3. The predicted molar refractivity (Wildman–Crippen MR) is 73.2 cm³/mol. The van der Waals surface area contributed by atoms with E-state index >= 15 is 0 Å². The van der Waals surface area contributed by atoms with E-state index in [1.807, 2.05) is 0 Å². The van der Waals surface area contributed by atoms with Gasteiger partial charge in [-0.15, -0.1) is 0 Å². The van der Waals surface area contributed by atoms with Gasteiger partial charge in [-0.2, -0.15) is 0 Å². The lowest BCUT2D eigenvalue weighted by Gasteiger charge is -2.26. The van der Waals surface area contributed by atoms with Gasteiger partial charge in [0.05, 0.1) is 18.6 Å². The highest BCUT2D eigenvalue weighted by atomic mass is 16.5. The van der Waals surface area contributed by atoms with Gasteiger partial charge in [-0.05, 0) is 18.8 Å². The van der Waals surface area contributed by atoms with Gasteiger partial charge in [0.1, 0.15) is 0 Å². The zero-order chi connectivity index (χ0) is 13.5. The number of nitrogens with two attached hydrogens (primary N) is 1. The van der Waals surface area contributed by atoms with Crippen molar-refractivity contribution >= 4 is 5.91 Å². The fourth-order valence-electron chi connectivity index (χ4n) is 2.53. The predicted octanol–water partition coefficient (Wildman–Crippen LogP) is 1.68. The van der Waals surface area contributed by atoms with Crippen LogP contribution in [0.25, 0.3) is 0 Å². The van der Waals surface area contributed by atoms with E-state index in [0.717, 1.165) is 25.7 Å². The first-order valence-corrected chi connectivity index (χ1v) is 7.11. The minimum Gasteiger partial charge on any atom is -0.383 e. The molecule has 1 fully saturated rings. The highest BCUT2D eigenvalue weighted by molar-refractivity contribution is 5.79. The minimum atomic E-state index is -0.0226. The van der Waals surface area contributed by atoms with Gasteiger partial charge in [-0.1, -0.05) is 33.1 Å². The molecule has 1 amide bonds. The largest absolute Gasteiger partial charge is 0.383 e. The number of carbonyl (C=O) groups is 1. The average Bonchev–Trinajstić information content (AvgIpc) is 2.53. The first-order chi connectivity index (χ1) is 8.56. The second kappa shape index (κ2) is 7.74. The molecule has 1 aliphatic rings. The molecule has 4 nitrogen and oxygen atoms in total. The number of carbonyl (C=O) groups excluding carboxylic acids is 1. The molecule has 0 aromatic heterocycles. The molecule has 18 heavy (non-hydrogen) atoms. The summed E-state index contributed by atoms with van der Waals surface area (Å²) in [7, 11) is 1.67. The summed E-state index contributed by atoms with van der Waals surface area (Å²) in [5.74, 6) is 0.460. The molecule has 0 spiro atoms. The first kappa shape index (κ1) is 15.4. The van der Waals surface area contributed by atoms with Crippen LogP contribution in [-0.2, 0) is 9.53 Å². The standard InChI is InChI=1S/C14H28N2O2/c1-10(2)13(9-18-3)16-14(17)11-7-5-4-6-8-12(11)15/h10-13H,4-9,15H2,1-3H3,(H,16,17). The third-order valence-electron chi connectivity index (χ3n) is 3.88. The number of methoxy groups -OCH3 is 1. The number of hydrogen-bond donors (Lipinski definition) is 2. The molecule has 4 heteroatoms. The number of ether oxygens (including phenoxy) is 1. The summed E-state index contributed by atoms with van der Waals surface area (Å²) in [5.41, 5.74) is 6.11. The summed E-state index contributed by atoms with van der Waals surface area (Å²) in [6.07, 6.45) is 5.35. The van der Waals surface area contributed by atoms with Crippen molar-refractivity contribution in [2.75, 3.05) is 13.7 Å². The molecule has 106 valence electrons. The Balaban J connectivity index is 2.55. The highest BCUT2D eigenvalue weighted by Crippen LogP contribution is 2.22. The smallest absolute Gasteiger partial charge is 0.224 e. The Bertz CT molecular complexity index is 256. The Morgan fingerprint density at radius 3 is 2.61 bits per heavy atom. The molecule has 0 saturated heterocycles. The Morgan fingerprint density at radius 2 is 2.00 bits per heavy atom. The summed E-state index contributed by atoms with van der Waals surface area (Å²) in [4.78, 5) is 12.3. The normalized spacial score (nSPS) is 26.7. The van der Waals surface area contributed by atoms with E-state index in [-0.39, 0.29) is 23.9 Å². The van der Waals surface area contributed by atoms with E-state index in [1.54, 1.807) is 7.11 Å². The molecule has 0 aromatic carbocycles. The maximum atomic E-state index is 12.3. The second-order valence-corrected chi connectivity index (χ2v) is 5.72. The maximum absolute atomic E-state index is 12.3. The summed E-state index contributed by atoms with van der Waals surface area (Å²) in [6.45, 7) is 4.75. The average molecular weight is 256 g/mol. The maximum Gasteiger partial charge on any atom is 0.224 e. The zero-order valence-corrected chi connectivity index (χ0v) is 11.9. The Kier molecular flexibility index (Phi) is 6.65. The fraction of sp³-hybridized carbons (Fsp3) is 0.929. The van der Waals surface area contributed by atoms with Crippen LogP contribution in [0.2, 0.25) is 0 Å². The summed E-state index contributed by atoms with van der Waals surface area (Å²) < 4.78 is 5.16. The summed E-state index contributed by atoms with van der Waals surface area (Å²) >= 11 is 0. The van der Waals surface area contributed by atoms with Gasteiger partial charge in [-0.3, -0.25) is 4.79 Å². The molecule has 3 N–H and O–H groups in total. The molecule has 0 bridgehead atoms. The van der Waals surface area contributed by atoms with Crippen molar-refractivity contribution in [1.82, 2.24) is 5.32 Å². The minimum absolute atomic E-state index is 0.0165. The van der Waals surface area contributed by atoms with Crippen LogP contribution in [-0.4, -0.2) is 31.7 Å². The van der Waals surface area contributed by atoms with E-state index in [9.17, 15) is 4.79 Å². The van der Waals surface area contributed by atoms with E-state index in [2.05, 4.69) is 19.2 Å². The third kappa shape index (κ3) is 4.58. The second-order valence-electron chi connectivity index (χ2n) is 5.72. The van der Waals surface area contributed by atoms with Gasteiger partial charge >= 0.3 is 0 Å². The highest BCUT2D eigenvalue weighted by Gasteiger charge is 2.28. The topological polar surface area (TPSA) is 64.3 Å². The molecule has 1 saturated carbocycles. The Labute approximate surface area is 111 Å². The van der Waals surface area contributed by atoms with Gasteiger partial charge in [0, 0.05) is 13.2 Å². The molecule has 0 aromatic rings. The van der Waals surface area contributed by atoms with Crippen molar-refractivity contribution in [3.8, 4) is 0 Å². The van der Waals surface area contributed by atoms with Crippen LogP contribution in [0.4, 0.5) is 0 Å². The van der Waals surface area contributed by atoms with Crippen molar-refractivity contribution in [2.45, 2.75) is 58.0 Å². The molecule has 3 unspecified atom stereocenters. The van der Waals surface area contributed by atoms with Crippen molar-refractivity contribution in [3.05, 3.63) is 0 Å². The quantitative estimate of drug-likeness (QED) is 0.736. The number of nitrogens with one attached hydrogen (secondary N) is 1. The molecule has 3 atom stereocenters. The summed E-state index contributed by atoms with van der Waals surface area (Å²) in [6, 6.07) is 0.0980. The molecule has 0 heterocycles. The SMILES string of the molecule is COCC(NC(=O)C1CCCCCC1N)C(C)C. The van der Waals surface area contributed by atoms with Crippen molar-refractivity contribution in [1.29, 1.82) is 0 Å². The Morgan fingerprint density at radius 1 is 1.33 bits per heavy atom. The molecular formula is C14H28N2O2. The zero-order valence-electron chi connectivity index (χ0n) is 11.9. The number of rotatable bonds is 5. The molecule has 0 aliphatic heterocycles. The van der Waals surface area contributed by atoms with Crippen LogP contribution in [0.15, 0.2) is 0 Å². The monoisotopic (exact) mass is 256 g/mol. The first-order valence-electron chi connectivity index (χ1n) is 7.11. The van der Waals surface area contributed by atoms with Crippen LogP contribution < -0.4 is 11.1 Å². The van der Waals surface area contributed by atoms with E-state index in [1.165, 1.54) is 6.42 Å². The molecule has 1 rings (SSSR count). The van der Waals surface area contributed by atoms with Crippen molar-refractivity contribution in [2.24, 2.45) is 17.6 Å². The summed E-state index contributed by atoms with van der Waals surface area (Å²) in [5, 5.41) is 3.10. The van der Waals surface area contributed by atoms with Crippen LogP contribution in [0, 0.1) is 11.8 Å². The molecule has 1 aliphatic carbocycles. The van der Waals surface area contributed by atoms with Gasteiger partial charge in [0.2, 0.25) is 5.91 Å². The third-order valence-corrected chi connectivity index (χ3v) is 3.88. The van der Waals surface area contributed by atoms with Crippen molar-refractivity contribution < 1.29 is 9.53 Å². The molecule has 0 radical (unpaired) electrons. The number of amides is 1. The lowest BCUT2D eigenvalue weighted by molar-refractivity contribution is -0.127. The van der Waals surface area contributed by atoms with E-state index in [0.29, 0.717) is 12.5 Å². The van der Waals surface area contributed by atoms with E-state index in [4.69, 9.17) is 10.5 Å². The fourth-order valence-corrected chi connectivity index (χ4v) is 2.53. The van der Waals surface area contributed by atoms with Crippen LogP contribution in [0.3, 0.4) is 0 Å². The Hall–Kier alpha value is -0.610. The van der Waals surface area contributed by atoms with Gasteiger partial charge in [0.15, 0.2) is 0 Å². The molecular weight excluding hydrogens is 228 g/mol. The van der Waals surface area contributed by atoms with E-state index < -0.39 is 0 Å². The van der Waals surface area contributed by atoms with Gasteiger partial charge in [0.25, 0.3) is 0 Å². The lowest BCUT2D eigenvalue weighted by Crippen LogP contribution is -2.48. The van der Waals surface area contributed by atoms with Crippen LogP contribution in [0.1, 0.15) is 46.0 Å².